The summed E-state index contributed by atoms with van der Waals surface area (Å²) in [6, 6.07) is 0. The molecule has 0 atom stereocenters. The van der Waals surface area contributed by atoms with Crippen molar-refractivity contribution in [1.29, 1.82) is 0 Å². The maximum Gasteiger partial charge on any atom is 0.217 e. The van der Waals surface area contributed by atoms with Crippen LogP contribution in [0.2, 0.25) is 0 Å². The van der Waals surface area contributed by atoms with E-state index in [2.05, 4.69) is 16.8 Å². The first-order valence-electron chi connectivity index (χ1n) is 12.3. The minimum atomic E-state index is -4.41. The molecule has 29 heavy (non-hydrogen) atoms. The summed E-state index contributed by atoms with van der Waals surface area (Å²) in [4.78, 5) is 0. The SMILES string of the molecule is CCCCCCCCCCCCCCCCCCCCCC[NH3+].COS(=O)(=O)[O-]. The Balaban J connectivity index is 0. The van der Waals surface area contributed by atoms with Crippen molar-refractivity contribution < 1.29 is 22.9 Å². The lowest BCUT2D eigenvalue weighted by Gasteiger charge is -2.03. The van der Waals surface area contributed by atoms with E-state index in [0.29, 0.717) is 0 Å². The Labute approximate surface area is 182 Å². The third-order valence-corrected chi connectivity index (χ3v) is 5.72. The maximum absolute atomic E-state index is 9.22. The molecule has 0 rings (SSSR count). The van der Waals surface area contributed by atoms with Gasteiger partial charge >= 0.3 is 0 Å². The highest BCUT2D eigenvalue weighted by atomic mass is 32.3. The third kappa shape index (κ3) is 35.6. The van der Waals surface area contributed by atoms with Crippen LogP contribution in [0.5, 0.6) is 0 Å². The standard InChI is InChI=1S/C22H47N.CH4O4S/c1-2-3-4-5-6-7-8-9-10-11-12-13-14-15-16-17-18-19-20-21-22-23;1-5-6(2,3)4/h2-23H2,1H3;1H3,(H,2,3,4). The molecule has 0 aromatic carbocycles. The fourth-order valence-corrected chi connectivity index (χ4v) is 3.43. The van der Waals surface area contributed by atoms with E-state index in [-0.39, 0.29) is 0 Å². The van der Waals surface area contributed by atoms with E-state index >= 15 is 0 Å². The highest BCUT2D eigenvalue weighted by Crippen LogP contribution is 2.14. The summed E-state index contributed by atoms with van der Waals surface area (Å²) in [5, 5.41) is 0. The molecule has 0 aromatic rings. The first-order valence-corrected chi connectivity index (χ1v) is 13.6. The van der Waals surface area contributed by atoms with Gasteiger partial charge in [-0.15, -0.1) is 0 Å². The zero-order chi connectivity index (χ0) is 22.1. The molecule has 0 saturated carbocycles. The van der Waals surface area contributed by atoms with Crippen molar-refractivity contribution in [3.05, 3.63) is 0 Å². The third-order valence-electron chi connectivity index (χ3n) is 5.31. The second kappa shape index (κ2) is 25.9. The normalized spacial score (nSPS) is 11.3. The van der Waals surface area contributed by atoms with E-state index in [1.807, 2.05) is 0 Å². The fraction of sp³-hybridized carbons (Fsp3) is 1.00. The van der Waals surface area contributed by atoms with Crippen molar-refractivity contribution in [2.45, 2.75) is 135 Å². The van der Waals surface area contributed by atoms with Gasteiger partial charge in [0.2, 0.25) is 10.4 Å². The zero-order valence-electron chi connectivity index (χ0n) is 19.6. The number of hydrogen-bond donors (Lipinski definition) is 1. The number of hydrogen-bond acceptors (Lipinski definition) is 4. The smallest absolute Gasteiger partial charge is 0.217 e. The lowest BCUT2D eigenvalue weighted by molar-refractivity contribution is -0.368. The van der Waals surface area contributed by atoms with Crippen LogP contribution in [-0.2, 0) is 14.6 Å². The highest BCUT2D eigenvalue weighted by molar-refractivity contribution is 7.80. The summed E-state index contributed by atoms with van der Waals surface area (Å²) >= 11 is 0. The predicted molar refractivity (Wildman–Crippen MR) is 122 cm³/mol. The molecule has 5 nitrogen and oxygen atoms in total. The van der Waals surface area contributed by atoms with Gasteiger partial charge in [-0.1, -0.05) is 122 Å². The summed E-state index contributed by atoms with van der Waals surface area (Å²) in [5.74, 6) is 0. The Morgan fingerprint density at radius 1 is 0.586 bits per heavy atom. The quantitative estimate of drug-likeness (QED) is 0.132. The molecule has 0 heterocycles. The first kappa shape index (κ1) is 31.0. The van der Waals surface area contributed by atoms with Gasteiger partial charge in [0.1, 0.15) is 0 Å². The van der Waals surface area contributed by atoms with Gasteiger partial charge in [-0.3, -0.25) is 4.18 Å². The van der Waals surface area contributed by atoms with Crippen molar-refractivity contribution in [3.63, 3.8) is 0 Å². The monoisotopic (exact) mass is 437 g/mol. The highest BCUT2D eigenvalue weighted by Gasteiger charge is 1.95. The Morgan fingerprint density at radius 2 is 0.793 bits per heavy atom. The van der Waals surface area contributed by atoms with Crippen molar-refractivity contribution in [1.82, 2.24) is 0 Å². The molecule has 0 bridgehead atoms. The van der Waals surface area contributed by atoms with Crippen LogP contribution >= 0.6 is 0 Å². The van der Waals surface area contributed by atoms with E-state index in [1.54, 1.807) is 0 Å². The van der Waals surface area contributed by atoms with Gasteiger partial charge in [0.05, 0.1) is 13.7 Å². The zero-order valence-corrected chi connectivity index (χ0v) is 20.4. The van der Waals surface area contributed by atoms with Gasteiger partial charge < -0.3 is 10.3 Å². The largest absolute Gasteiger partial charge is 0.726 e. The van der Waals surface area contributed by atoms with Crippen LogP contribution in [0, 0.1) is 0 Å². The van der Waals surface area contributed by atoms with E-state index in [9.17, 15) is 13.0 Å². The average Bonchev–Trinajstić information content (AvgIpc) is 2.69. The van der Waals surface area contributed by atoms with E-state index in [4.69, 9.17) is 0 Å². The molecule has 0 aliphatic carbocycles. The molecule has 0 radical (unpaired) electrons. The van der Waals surface area contributed by atoms with Gasteiger partial charge in [-0.05, 0) is 12.8 Å². The van der Waals surface area contributed by atoms with Crippen LogP contribution in [0.25, 0.3) is 0 Å². The van der Waals surface area contributed by atoms with E-state index in [1.165, 1.54) is 128 Å². The van der Waals surface area contributed by atoms with Crippen LogP contribution in [0.3, 0.4) is 0 Å². The average molecular weight is 438 g/mol. The van der Waals surface area contributed by atoms with Crippen molar-refractivity contribution in [2.24, 2.45) is 0 Å². The molecule has 0 aliphatic heterocycles. The molecule has 0 fully saturated rings. The van der Waals surface area contributed by atoms with Crippen LogP contribution in [0.4, 0.5) is 0 Å². The van der Waals surface area contributed by atoms with Crippen molar-refractivity contribution in [3.8, 4) is 0 Å². The molecule has 6 heteroatoms. The summed E-state index contributed by atoms with van der Waals surface area (Å²) in [7, 11) is -3.60. The van der Waals surface area contributed by atoms with Crippen LogP contribution < -0.4 is 5.73 Å². The first-order chi connectivity index (χ1) is 14.0. The summed E-state index contributed by atoms with van der Waals surface area (Å²) < 4.78 is 31.0. The second-order valence-electron chi connectivity index (χ2n) is 8.15. The molecule has 178 valence electrons. The predicted octanol–water partition coefficient (Wildman–Crippen LogP) is 6.14. The molecule has 0 amide bonds. The number of rotatable bonds is 21. The van der Waals surface area contributed by atoms with Crippen LogP contribution in [0.1, 0.15) is 135 Å². The van der Waals surface area contributed by atoms with Crippen molar-refractivity contribution in [2.75, 3.05) is 13.7 Å². The van der Waals surface area contributed by atoms with Crippen LogP contribution in [0.15, 0.2) is 0 Å². The van der Waals surface area contributed by atoms with Crippen molar-refractivity contribution >= 4 is 10.4 Å². The maximum atomic E-state index is 9.22. The van der Waals surface area contributed by atoms with Crippen LogP contribution in [-0.4, -0.2) is 26.6 Å². The Kier molecular flexibility index (Phi) is 27.7. The topological polar surface area (TPSA) is 94.1 Å². The minimum Gasteiger partial charge on any atom is -0.726 e. The molecule has 0 aromatic heterocycles. The van der Waals surface area contributed by atoms with E-state index < -0.39 is 10.4 Å². The van der Waals surface area contributed by atoms with E-state index in [0.717, 1.165) is 13.7 Å². The molecular formula is C23H51NO4S. The Morgan fingerprint density at radius 3 is 0.966 bits per heavy atom. The molecular weight excluding hydrogens is 386 g/mol. The summed E-state index contributed by atoms with van der Waals surface area (Å²) in [6.45, 7) is 3.42. The number of quaternary nitrogens is 1. The summed E-state index contributed by atoms with van der Waals surface area (Å²) in [5.41, 5.74) is 3.90. The molecule has 0 unspecified atom stereocenters. The van der Waals surface area contributed by atoms with Gasteiger partial charge in [0.15, 0.2) is 0 Å². The van der Waals surface area contributed by atoms with Gasteiger partial charge in [-0.2, -0.15) is 0 Å². The van der Waals surface area contributed by atoms with Gasteiger partial charge in [0, 0.05) is 0 Å². The minimum absolute atomic E-state index is 0.808. The lowest BCUT2D eigenvalue weighted by Crippen LogP contribution is -2.50. The van der Waals surface area contributed by atoms with Gasteiger partial charge in [-0.25, -0.2) is 8.42 Å². The molecule has 0 aliphatic rings. The molecule has 3 N–H and O–H groups in total. The Hall–Kier alpha value is -0.170. The molecule has 0 saturated heterocycles. The lowest BCUT2D eigenvalue weighted by atomic mass is 10.0. The Bertz CT molecular complexity index is 368. The van der Waals surface area contributed by atoms with Gasteiger partial charge in [0.25, 0.3) is 0 Å². The second-order valence-corrected chi connectivity index (χ2v) is 9.30. The fourth-order valence-electron chi connectivity index (χ4n) is 3.43. The summed E-state index contributed by atoms with van der Waals surface area (Å²) in [6.07, 6.45) is 29.2. The molecule has 0 spiro atoms. The number of unbranched alkanes of at least 4 members (excludes halogenated alkanes) is 19.